The van der Waals surface area contributed by atoms with Gasteiger partial charge >= 0.3 is 0 Å². The molecule has 2 N–H and O–H groups in total. The number of phenolic OH excluding ortho intramolecular Hbond substituents is 1. The first-order valence-electron chi connectivity index (χ1n) is 7.58. The Hall–Kier alpha value is -2.37. The third-order valence-corrected chi connectivity index (χ3v) is 3.10. The van der Waals surface area contributed by atoms with Gasteiger partial charge in [-0.05, 0) is 55.2 Å². The van der Waals surface area contributed by atoms with Crippen LogP contribution in [0.5, 0.6) is 17.2 Å². The van der Waals surface area contributed by atoms with Gasteiger partial charge in [-0.1, -0.05) is 20.8 Å². The molecule has 0 saturated carbocycles. The average molecular weight is 316 g/mol. The molecule has 0 spiro atoms. The molecule has 1 aromatic carbocycles. The summed E-state index contributed by atoms with van der Waals surface area (Å²) < 4.78 is 5.80. The third-order valence-electron chi connectivity index (χ3n) is 3.10. The highest BCUT2D eigenvalue weighted by Crippen LogP contribution is 2.33. The Morgan fingerprint density at radius 1 is 1.09 bits per heavy atom. The number of anilines is 1. The van der Waals surface area contributed by atoms with Crippen molar-refractivity contribution in [1.29, 1.82) is 0 Å². The summed E-state index contributed by atoms with van der Waals surface area (Å²) in [5.41, 5.74) is -0.00368. The first-order chi connectivity index (χ1) is 10.6. The SMILES string of the molecule is CC(C)(C)CC(C)(C)Nc1nnncc1Oc1ccc(O)cc1. The number of rotatable bonds is 5. The fourth-order valence-corrected chi connectivity index (χ4v) is 2.75. The zero-order valence-electron chi connectivity index (χ0n) is 14.3. The molecule has 0 aliphatic heterocycles. The van der Waals surface area contributed by atoms with E-state index in [2.05, 4.69) is 55.3 Å². The van der Waals surface area contributed by atoms with Gasteiger partial charge in [0, 0.05) is 5.54 Å². The summed E-state index contributed by atoms with van der Waals surface area (Å²) in [6, 6.07) is 6.49. The second-order valence-corrected chi connectivity index (χ2v) is 7.49. The number of aromatic hydroxyl groups is 1. The van der Waals surface area contributed by atoms with Gasteiger partial charge in [0.05, 0.1) is 6.20 Å². The lowest BCUT2D eigenvalue weighted by Crippen LogP contribution is -2.36. The van der Waals surface area contributed by atoms with Gasteiger partial charge in [-0.3, -0.25) is 0 Å². The smallest absolute Gasteiger partial charge is 0.195 e. The second kappa shape index (κ2) is 6.40. The van der Waals surface area contributed by atoms with Crippen LogP contribution < -0.4 is 10.1 Å². The molecule has 0 aliphatic carbocycles. The molecular weight excluding hydrogens is 292 g/mol. The van der Waals surface area contributed by atoms with Crippen LogP contribution in [0.4, 0.5) is 5.82 Å². The Balaban J connectivity index is 2.18. The molecule has 1 aromatic heterocycles. The van der Waals surface area contributed by atoms with Gasteiger partial charge in [0.15, 0.2) is 11.6 Å². The Labute approximate surface area is 136 Å². The quantitative estimate of drug-likeness (QED) is 0.868. The summed E-state index contributed by atoms with van der Waals surface area (Å²) in [7, 11) is 0. The van der Waals surface area contributed by atoms with E-state index in [1.165, 1.54) is 6.20 Å². The summed E-state index contributed by atoms with van der Waals surface area (Å²) in [6.45, 7) is 10.8. The molecular formula is C17H24N4O2. The van der Waals surface area contributed by atoms with Gasteiger partial charge in [-0.2, -0.15) is 0 Å². The zero-order valence-corrected chi connectivity index (χ0v) is 14.3. The molecule has 23 heavy (non-hydrogen) atoms. The highest BCUT2D eigenvalue weighted by molar-refractivity contribution is 5.51. The van der Waals surface area contributed by atoms with E-state index in [9.17, 15) is 5.11 Å². The van der Waals surface area contributed by atoms with Crippen LogP contribution >= 0.6 is 0 Å². The number of benzene rings is 1. The normalized spacial score (nSPS) is 12.0. The fraction of sp³-hybridized carbons (Fsp3) is 0.471. The molecule has 6 heteroatoms. The summed E-state index contributed by atoms with van der Waals surface area (Å²) in [5, 5.41) is 24.3. The molecule has 0 saturated heterocycles. The molecule has 6 nitrogen and oxygen atoms in total. The maximum atomic E-state index is 9.34. The van der Waals surface area contributed by atoms with Gasteiger partial charge in [0.2, 0.25) is 0 Å². The molecule has 0 unspecified atom stereocenters. The Morgan fingerprint density at radius 3 is 2.35 bits per heavy atom. The van der Waals surface area contributed by atoms with Crippen molar-refractivity contribution in [2.24, 2.45) is 5.41 Å². The minimum Gasteiger partial charge on any atom is -0.508 e. The Kier molecular flexibility index (Phi) is 4.73. The summed E-state index contributed by atoms with van der Waals surface area (Å²) in [6.07, 6.45) is 2.47. The monoisotopic (exact) mass is 316 g/mol. The number of hydrogen-bond donors (Lipinski definition) is 2. The fourth-order valence-electron chi connectivity index (χ4n) is 2.75. The number of nitrogens with one attached hydrogen (secondary N) is 1. The van der Waals surface area contributed by atoms with E-state index >= 15 is 0 Å². The van der Waals surface area contributed by atoms with Crippen molar-refractivity contribution < 1.29 is 9.84 Å². The van der Waals surface area contributed by atoms with E-state index in [0.29, 0.717) is 17.3 Å². The third kappa shape index (κ3) is 5.39. The molecule has 0 radical (unpaired) electrons. The average Bonchev–Trinajstić information content (AvgIpc) is 2.40. The Morgan fingerprint density at radius 2 is 1.74 bits per heavy atom. The predicted octanol–water partition coefficient (Wildman–Crippen LogP) is 4.00. The molecule has 0 amide bonds. The van der Waals surface area contributed by atoms with Crippen LogP contribution in [0, 0.1) is 5.41 Å². The van der Waals surface area contributed by atoms with E-state index in [4.69, 9.17) is 4.74 Å². The van der Waals surface area contributed by atoms with E-state index in [1.807, 2.05) is 0 Å². The maximum Gasteiger partial charge on any atom is 0.195 e. The molecule has 0 atom stereocenters. The van der Waals surface area contributed by atoms with Crippen LogP contribution in [0.1, 0.15) is 41.0 Å². The van der Waals surface area contributed by atoms with Crippen LogP contribution in [0.15, 0.2) is 30.5 Å². The van der Waals surface area contributed by atoms with Gasteiger partial charge in [-0.15, -0.1) is 10.2 Å². The number of hydrogen-bond acceptors (Lipinski definition) is 6. The van der Waals surface area contributed by atoms with Gasteiger partial charge in [0.1, 0.15) is 11.5 Å². The van der Waals surface area contributed by atoms with Crippen LogP contribution in [0.25, 0.3) is 0 Å². The lowest BCUT2D eigenvalue weighted by Gasteiger charge is -2.33. The van der Waals surface area contributed by atoms with Crippen molar-refractivity contribution >= 4 is 5.82 Å². The first-order valence-corrected chi connectivity index (χ1v) is 7.58. The van der Waals surface area contributed by atoms with Crippen molar-refractivity contribution in [2.75, 3.05) is 5.32 Å². The van der Waals surface area contributed by atoms with E-state index in [1.54, 1.807) is 24.3 Å². The van der Waals surface area contributed by atoms with E-state index in [-0.39, 0.29) is 16.7 Å². The molecule has 2 rings (SSSR count). The maximum absolute atomic E-state index is 9.34. The molecule has 124 valence electrons. The van der Waals surface area contributed by atoms with Crippen molar-refractivity contribution in [3.05, 3.63) is 30.5 Å². The van der Waals surface area contributed by atoms with Crippen molar-refractivity contribution in [3.8, 4) is 17.2 Å². The second-order valence-electron chi connectivity index (χ2n) is 7.49. The number of phenols is 1. The van der Waals surface area contributed by atoms with E-state index in [0.717, 1.165) is 6.42 Å². The highest BCUT2D eigenvalue weighted by atomic mass is 16.5. The minimum atomic E-state index is -0.179. The summed E-state index contributed by atoms with van der Waals surface area (Å²) >= 11 is 0. The number of aromatic nitrogens is 3. The highest BCUT2D eigenvalue weighted by Gasteiger charge is 2.27. The lowest BCUT2D eigenvalue weighted by atomic mass is 9.82. The standard InChI is InChI=1S/C17H24N4O2/c1-16(2,3)11-17(4,5)19-15-14(10-18-21-20-15)23-13-8-6-12(22)7-9-13/h6-10,22H,11H2,1-5H3,(H,18,19,20). The summed E-state index contributed by atoms with van der Waals surface area (Å²) in [5.74, 6) is 1.82. The van der Waals surface area contributed by atoms with Crippen LogP contribution in [0.2, 0.25) is 0 Å². The number of ether oxygens (including phenoxy) is 1. The minimum absolute atomic E-state index is 0.176. The number of nitrogens with zero attached hydrogens (tertiary/aromatic N) is 3. The van der Waals surface area contributed by atoms with E-state index < -0.39 is 0 Å². The summed E-state index contributed by atoms with van der Waals surface area (Å²) in [4.78, 5) is 0. The molecule has 2 aromatic rings. The van der Waals surface area contributed by atoms with Crippen LogP contribution in [-0.2, 0) is 0 Å². The molecule has 1 heterocycles. The van der Waals surface area contributed by atoms with Gasteiger partial charge in [-0.25, -0.2) is 0 Å². The topological polar surface area (TPSA) is 80.2 Å². The van der Waals surface area contributed by atoms with Crippen molar-refractivity contribution in [3.63, 3.8) is 0 Å². The lowest BCUT2D eigenvalue weighted by molar-refractivity contribution is 0.301. The molecule has 0 bridgehead atoms. The Bertz CT molecular complexity index is 648. The molecule has 0 fully saturated rings. The largest absolute Gasteiger partial charge is 0.508 e. The van der Waals surface area contributed by atoms with Crippen molar-refractivity contribution in [1.82, 2.24) is 15.4 Å². The zero-order chi connectivity index (χ0) is 17.1. The van der Waals surface area contributed by atoms with Gasteiger partial charge in [0.25, 0.3) is 0 Å². The van der Waals surface area contributed by atoms with Gasteiger partial charge < -0.3 is 15.2 Å². The van der Waals surface area contributed by atoms with Crippen LogP contribution in [0.3, 0.4) is 0 Å². The van der Waals surface area contributed by atoms with Crippen LogP contribution in [-0.4, -0.2) is 26.1 Å². The first kappa shape index (κ1) is 17.0. The van der Waals surface area contributed by atoms with Crippen molar-refractivity contribution in [2.45, 2.75) is 46.6 Å². The predicted molar refractivity (Wildman–Crippen MR) is 89.8 cm³/mol. The molecule has 0 aliphatic rings.